The molecule has 0 spiro atoms. The van der Waals surface area contributed by atoms with Gasteiger partial charge >= 0.3 is 12.2 Å². The van der Waals surface area contributed by atoms with Crippen molar-refractivity contribution in [3.63, 3.8) is 0 Å². The highest BCUT2D eigenvalue weighted by molar-refractivity contribution is 9.10. The summed E-state index contributed by atoms with van der Waals surface area (Å²) < 4.78 is 16.8. The summed E-state index contributed by atoms with van der Waals surface area (Å²) in [5, 5.41) is 8.11. The molecule has 0 aliphatic heterocycles. The quantitative estimate of drug-likeness (QED) is 0.351. The normalized spacial score (nSPS) is 11.6. The number of halogens is 1. The number of ether oxygens (including phenoxy) is 2. The minimum atomic E-state index is -0.933. The van der Waals surface area contributed by atoms with E-state index in [0.717, 1.165) is 5.56 Å². The van der Waals surface area contributed by atoms with Gasteiger partial charge in [-0.1, -0.05) is 12.1 Å². The molecule has 1 aromatic carbocycles. The SMILES string of the molecule is CN(Cc1ccc(-c2nnc(-c3nc(Br)cnc3N(C=O)C(=O)OC(C)(C)C)o2)cc1)C(=O)OC(C)(C)C. The van der Waals surface area contributed by atoms with Crippen molar-refractivity contribution in [3.05, 3.63) is 40.6 Å². The van der Waals surface area contributed by atoms with Crippen LogP contribution >= 0.6 is 15.9 Å². The van der Waals surface area contributed by atoms with Crippen LogP contribution in [0.25, 0.3) is 23.0 Å². The van der Waals surface area contributed by atoms with Gasteiger partial charge in [-0.15, -0.1) is 10.2 Å². The predicted octanol–water partition coefficient (Wildman–Crippen LogP) is 5.22. The first-order valence-electron chi connectivity index (χ1n) is 11.5. The van der Waals surface area contributed by atoms with Gasteiger partial charge in [0.1, 0.15) is 15.8 Å². The van der Waals surface area contributed by atoms with Gasteiger partial charge in [0.15, 0.2) is 11.5 Å². The number of hydrogen-bond acceptors (Lipinski definition) is 10. The summed E-state index contributed by atoms with van der Waals surface area (Å²) in [7, 11) is 1.66. The fraction of sp³-hybridized carbons (Fsp3) is 0.400. The number of imide groups is 1. The maximum Gasteiger partial charge on any atom is 0.422 e. The van der Waals surface area contributed by atoms with E-state index in [2.05, 4.69) is 36.1 Å². The number of rotatable bonds is 6. The van der Waals surface area contributed by atoms with Gasteiger partial charge in [0.25, 0.3) is 5.89 Å². The molecule has 202 valence electrons. The number of aromatic nitrogens is 4. The molecular formula is C25H29BrN6O6. The number of benzene rings is 1. The lowest BCUT2D eigenvalue weighted by Gasteiger charge is -2.24. The highest BCUT2D eigenvalue weighted by Crippen LogP contribution is 2.30. The van der Waals surface area contributed by atoms with Crippen LogP contribution in [0.2, 0.25) is 0 Å². The summed E-state index contributed by atoms with van der Waals surface area (Å²) in [5.41, 5.74) is 0.0512. The van der Waals surface area contributed by atoms with Crippen LogP contribution in [0.4, 0.5) is 15.4 Å². The van der Waals surface area contributed by atoms with E-state index >= 15 is 0 Å². The molecule has 0 radical (unpaired) electrons. The molecule has 3 rings (SSSR count). The lowest BCUT2D eigenvalue weighted by atomic mass is 10.1. The van der Waals surface area contributed by atoms with E-state index < -0.39 is 23.4 Å². The lowest BCUT2D eigenvalue weighted by Crippen LogP contribution is -2.36. The van der Waals surface area contributed by atoms with Crippen LogP contribution in [-0.4, -0.2) is 61.9 Å². The van der Waals surface area contributed by atoms with Crippen LogP contribution in [0.1, 0.15) is 47.1 Å². The maximum atomic E-state index is 12.6. The minimum Gasteiger partial charge on any atom is -0.444 e. The second-order valence-corrected chi connectivity index (χ2v) is 11.1. The zero-order chi connectivity index (χ0) is 28.3. The number of anilines is 1. The Kier molecular flexibility index (Phi) is 8.50. The third-order valence-corrected chi connectivity index (χ3v) is 4.98. The van der Waals surface area contributed by atoms with Gasteiger partial charge in [0.05, 0.1) is 6.20 Å². The van der Waals surface area contributed by atoms with Gasteiger partial charge in [-0.3, -0.25) is 4.79 Å². The number of nitrogens with zero attached hydrogens (tertiary/aromatic N) is 6. The summed E-state index contributed by atoms with van der Waals surface area (Å²) in [4.78, 5) is 47.2. The van der Waals surface area contributed by atoms with E-state index in [-0.39, 0.29) is 29.7 Å². The Morgan fingerprint density at radius 2 is 1.55 bits per heavy atom. The van der Waals surface area contributed by atoms with Crippen molar-refractivity contribution in [2.45, 2.75) is 59.3 Å². The van der Waals surface area contributed by atoms with E-state index in [1.807, 2.05) is 32.9 Å². The van der Waals surface area contributed by atoms with Crippen molar-refractivity contribution in [1.29, 1.82) is 0 Å². The van der Waals surface area contributed by atoms with Crippen molar-refractivity contribution in [1.82, 2.24) is 25.1 Å². The van der Waals surface area contributed by atoms with E-state index in [9.17, 15) is 14.4 Å². The molecule has 2 heterocycles. The summed E-state index contributed by atoms with van der Waals surface area (Å²) in [5.74, 6) is -0.0178. The Bertz CT molecular complexity index is 1310. The van der Waals surface area contributed by atoms with Crippen LogP contribution in [-0.2, 0) is 20.8 Å². The Hall–Kier alpha value is -3.87. The standard InChI is InChI=1S/C25H29BrN6O6/c1-24(2,3)37-22(34)31(7)13-15-8-10-16(11-9-15)20-29-30-21(36-20)18-19(27-12-17(26)28-18)32(14-33)23(35)38-25(4,5)6/h8-12,14H,13H2,1-7H3. The van der Waals surface area contributed by atoms with Gasteiger partial charge in [-0.25, -0.2) is 19.6 Å². The number of hydrogen-bond donors (Lipinski definition) is 0. The summed E-state index contributed by atoms with van der Waals surface area (Å²) in [6.45, 7) is 10.8. The highest BCUT2D eigenvalue weighted by Gasteiger charge is 2.29. The van der Waals surface area contributed by atoms with Crippen LogP contribution in [0.5, 0.6) is 0 Å². The Balaban J connectivity index is 1.83. The third kappa shape index (κ3) is 7.57. The Labute approximate surface area is 228 Å². The molecule has 12 nitrogen and oxygen atoms in total. The molecule has 2 aromatic heterocycles. The molecular weight excluding hydrogens is 560 g/mol. The largest absolute Gasteiger partial charge is 0.444 e. The van der Waals surface area contributed by atoms with Crippen molar-refractivity contribution < 1.29 is 28.3 Å². The molecule has 3 amide bonds. The molecule has 3 aromatic rings. The maximum absolute atomic E-state index is 12.6. The first-order valence-corrected chi connectivity index (χ1v) is 12.3. The van der Waals surface area contributed by atoms with E-state index in [4.69, 9.17) is 13.9 Å². The fourth-order valence-electron chi connectivity index (χ4n) is 3.04. The van der Waals surface area contributed by atoms with Gasteiger partial charge in [0, 0.05) is 19.2 Å². The predicted molar refractivity (Wildman–Crippen MR) is 141 cm³/mol. The summed E-state index contributed by atoms with van der Waals surface area (Å²) >= 11 is 3.23. The molecule has 13 heteroatoms. The smallest absolute Gasteiger partial charge is 0.422 e. The minimum absolute atomic E-state index is 0.00619. The lowest BCUT2D eigenvalue weighted by molar-refractivity contribution is -0.107. The average Bonchev–Trinajstić information content (AvgIpc) is 3.29. The molecule has 0 atom stereocenters. The monoisotopic (exact) mass is 588 g/mol. The van der Waals surface area contributed by atoms with Crippen molar-refractivity contribution >= 4 is 40.3 Å². The summed E-state index contributed by atoms with van der Waals surface area (Å²) in [6, 6.07) is 7.17. The Morgan fingerprint density at radius 3 is 2.13 bits per heavy atom. The highest BCUT2D eigenvalue weighted by atomic mass is 79.9. The zero-order valence-corrected chi connectivity index (χ0v) is 23.8. The summed E-state index contributed by atoms with van der Waals surface area (Å²) in [6.07, 6.45) is 0.242. The van der Waals surface area contributed by atoms with Crippen LogP contribution in [0, 0.1) is 0 Å². The van der Waals surface area contributed by atoms with E-state index in [0.29, 0.717) is 21.6 Å². The molecule has 0 aliphatic rings. The molecule has 0 saturated heterocycles. The molecule has 0 bridgehead atoms. The first kappa shape index (κ1) is 28.7. The van der Waals surface area contributed by atoms with Gasteiger partial charge in [-0.2, -0.15) is 4.90 Å². The van der Waals surface area contributed by atoms with Crippen LogP contribution in [0.15, 0.2) is 39.5 Å². The van der Waals surface area contributed by atoms with Gasteiger partial charge in [0.2, 0.25) is 12.3 Å². The topological polar surface area (TPSA) is 141 Å². The molecule has 0 unspecified atom stereocenters. The number of amides is 3. The third-order valence-electron chi connectivity index (χ3n) is 4.60. The van der Waals surface area contributed by atoms with Crippen LogP contribution < -0.4 is 4.90 Å². The van der Waals surface area contributed by atoms with Crippen LogP contribution in [0.3, 0.4) is 0 Å². The molecule has 0 N–H and O–H groups in total. The zero-order valence-electron chi connectivity index (χ0n) is 22.2. The van der Waals surface area contributed by atoms with Gasteiger partial charge < -0.3 is 18.8 Å². The number of carbonyl (C=O) groups excluding carboxylic acids is 3. The van der Waals surface area contributed by atoms with Crippen molar-refractivity contribution in [2.75, 3.05) is 11.9 Å². The van der Waals surface area contributed by atoms with Crippen molar-refractivity contribution in [2.24, 2.45) is 0 Å². The average molecular weight is 589 g/mol. The molecule has 0 aliphatic carbocycles. The number of carbonyl (C=O) groups is 3. The fourth-order valence-corrected chi connectivity index (χ4v) is 3.32. The van der Waals surface area contributed by atoms with Gasteiger partial charge in [-0.05, 0) is 75.2 Å². The van der Waals surface area contributed by atoms with E-state index in [1.54, 1.807) is 40.0 Å². The second-order valence-electron chi connectivity index (χ2n) is 10.3. The molecule has 0 fully saturated rings. The van der Waals surface area contributed by atoms with E-state index in [1.165, 1.54) is 11.1 Å². The Morgan fingerprint density at radius 1 is 0.974 bits per heavy atom. The first-order chi connectivity index (χ1) is 17.7. The van der Waals surface area contributed by atoms with Crippen molar-refractivity contribution in [3.8, 4) is 23.0 Å². The molecule has 38 heavy (non-hydrogen) atoms. The second kappa shape index (κ2) is 11.3. The molecule has 0 saturated carbocycles.